The molecule has 50 heavy (non-hydrogen) atoms. The van der Waals surface area contributed by atoms with E-state index in [1.165, 1.54) is 17.4 Å². The number of carboxylic acid groups (broad SMARTS) is 1. The molecule has 1 aromatic carbocycles. The molecular weight excluding hydrogens is 676 g/mol. The topological polar surface area (TPSA) is 332 Å². The number of amides is 6. The zero-order chi connectivity index (χ0) is 36.8. The number of carbonyl (C=O) groups excluding carboxylic acids is 6. The van der Waals surface area contributed by atoms with Crippen molar-refractivity contribution in [3.05, 3.63) is 53.3 Å². The number of hydrogen-bond acceptors (Lipinski definition) is 11. The van der Waals surface area contributed by atoms with E-state index in [1.807, 2.05) is 0 Å². The number of primary amides is 1. The number of guanidine groups is 1. The van der Waals surface area contributed by atoms with Gasteiger partial charge in [-0.05, 0) is 38.0 Å². The molecule has 13 N–H and O–H groups in total. The molecule has 0 bridgehead atoms. The Bertz CT molecular complexity index is 1750. The molecule has 3 aromatic rings. The second-order valence-corrected chi connectivity index (χ2v) is 11.5. The number of carboxylic acids is 1. The number of carbonyl (C=O) groups is 7. The van der Waals surface area contributed by atoms with Gasteiger partial charge in [0.2, 0.25) is 23.6 Å². The quantitative estimate of drug-likeness (QED) is 0.0386. The van der Waals surface area contributed by atoms with Crippen molar-refractivity contribution in [1.82, 2.24) is 36.4 Å². The SMILES string of the molecule is Cc1nc(NC(=O)c2ccccc2)sc1-c1cc(C(=O)NCC(=O)N[C@H](CCCN=C(N)N)C(=O)NCC(=O)N[C@H](CC(=O)O)C(N)=O)n[nH]1. The molecule has 2 atom stereocenters. The second-order valence-electron chi connectivity index (χ2n) is 10.5. The number of aromatic amines is 1. The monoisotopic (exact) mass is 712 g/mol. The largest absolute Gasteiger partial charge is 0.481 e. The first-order valence-corrected chi connectivity index (χ1v) is 15.7. The number of anilines is 1. The molecule has 3 rings (SSSR count). The van der Waals surface area contributed by atoms with Crippen LogP contribution in [0.4, 0.5) is 5.13 Å². The molecule has 21 heteroatoms. The highest BCUT2D eigenvalue weighted by molar-refractivity contribution is 7.19. The number of aliphatic imine (C=N–C) groups is 1. The summed E-state index contributed by atoms with van der Waals surface area (Å²) in [4.78, 5) is 94.2. The molecule has 0 aliphatic heterocycles. The number of nitrogens with one attached hydrogen (secondary N) is 6. The minimum Gasteiger partial charge on any atom is -0.481 e. The molecule has 0 fully saturated rings. The smallest absolute Gasteiger partial charge is 0.305 e. The van der Waals surface area contributed by atoms with Crippen LogP contribution in [0.3, 0.4) is 0 Å². The van der Waals surface area contributed by atoms with E-state index in [-0.39, 0.29) is 36.9 Å². The molecule has 2 aromatic heterocycles. The van der Waals surface area contributed by atoms with E-state index in [2.05, 4.69) is 46.8 Å². The molecule has 266 valence electrons. The maximum atomic E-state index is 12.9. The summed E-state index contributed by atoms with van der Waals surface area (Å²) in [6.07, 6.45) is -0.496. The fraction of sp³-hybridized carbons (Fsp3) is 0.310. The predicted octanol–water partition coefficient (Wildman–Crippen LogP) is -2.08. The van der Waals surface area contributed by atoms with Gasteiger partial charge in [-0.3, -0.25) is 49.0 Å². The summed E-state index contributed by atoms with van der Waals surface area (Å²) in [5.74, 6) is -6.14. The number of thiazole rings is 1. The first-order valence-electron chi connectivity index (χ1n) is 14.8. The van der Waals surface area contributed by atoms with Crippen molar-refractivity contribution in [1.29, 1.82) is 0 Å². The van der Waals surface area contributed by atoms with Crippen LogP contribution < -0.4 is 43.8 Å². The number of rotatable bonds is 18. The third kappa shape index (κ3) is 12.0. The predicted molar refractivity (Wildman–Crippen MR) is 179 cm³/mol. The van der Waals surface area contributed by atoms with E-state index in [0.717, 1.165) is 0 Å². The number of nitrogens with two attached hydrogens (primary N) is 3. The van der Waals surface area contributed by atoms with Gasteiger partial charge in [-0.15, -0.1) is 0 Å². The van der Waals surface area contributed by atoms with Gasteiger partial charge in [0.1, 0.15) is 12.1 Å². The summed E-state index contributed by atoms with van der Waals surface area (Å²) < 4.78 is 0. The van der Waals surface area contributed by atoms with E-state index in [0.29, 0.717) is 27.0 Å². The Morgan fingerprint density at radius 1 is 0.940 bits per heavy atom. The standard InChI is InChI=1S/C29H36N12O8S/c1-14-23(50-29(36-14)39-25(47)15-6-3-2-4-7-15)17-10-19(41-40-17)27(49)35-12-20(42)37-16(8-5-9-33-28(31)32)26(48)34-13-21(43)38-18(24(30)46)11-22(44)45/h2-4,6-7,10,16,18H,5,8-9,11-13H2,1H3,(H2,30,46)(H,34,48)(H,35,49)(H,37,42)(H,38,43)(H,40,41)(H,44,45)(H4,31,32,33)(H,36,39,47)/t16-,18-/m1/s1. The lowest BCUT2D eigenvalue weighted by molar-refractivity contribution is -0.140. The average molecular weight is 713 g/mol. The summed E-state index contributed by atoms with van der Waals surface area (Å²) in [5, 5.41) is 28.0. The number of aliphatic carboxylic acids is 1. The number of benzene rings is 1. The third-order valence-electron chi connectivity index (χ3n) is 6.60. The van der Waals surface area contributed by atoms with Crippen LogP contribution in [0.1, 0.15) is 45.8 Å². The zero-order valence-electron chi connectivity index (χ0n) is 26.6. The van der Waals surface area contributed by atoms with Gasteiger partial charge in [0.05, 0.1) is 35.8 Å². The Labute approximate surface area is 288 Å². The van der Waals surface area contributed by atoms with Gasteiger partial charge in [-0.1, -0.05) is 29.5 Å². The maximum Gasteiger partial charge on any atom is 0.305 e. The summed E-state index contributed by atoms with van der Waals surface area (Å²) in [6.45, 7) is 0.629. The summed E-state index contributed by atoms with van der Waals surface area (Å²) in [6, 6.07) is 7.35. The number of hydrogen-bond donors (Lipinski definition) is 10. The summed E-state index contributed by atoms with van der Waals surface area (Å²) in [5.41, 5.74) is 17.2. The van der Waals surface area contributed by atoms with E-state index in [4.69, 9.17) is 22.3 Å². The van der Waals surface area contributed by atoms with Gasteiger partial charge in [-0.25, -0.2) is 4.98 Å². The molecule has 0 aliphatic carbocycles. The van der Waals surface area contributed by atoms with Crippen molar-refractivity contribution >= 4 is 63.8 Å². The van der Waals surface area contributed by atoms with Crippen LogP contribution in [-0.2, 0) is 24.0 Å². The Kier molecular flexibility index (Phi) is 13.9. The van der Waals surface area contributed by atoms with Gasteiger partial charge in [0, 0.05) is 12.1 Å². The molecule has 0 spiro atoms. The van der Waals surface area contributed by atoms with Crippen LogP contribution in [0.25, 0.3) is 10.6 Å². The van der Waals surface area contributed by atoms with Crippen molar-refractivity contribution in [2.24, 2.45) is 22.2 Å². The van der Waals surface area contributed by atoms with Crippen molar-refractivity contribution in [3.8, 4) is 10.6 Å². The van der Waals surface area contributed by atoms with Crippen molar-refractivity contribution in [2.75, 3.05) is 25.0 Å². The first kappa shape index (κ1) is 38.1. The van der Waals surface area contributed by atoms with Crippen LogP contribution >= 0.6 is 11.3 Å². The number of aryl methyl sites for hydroxylation is 1. The fourth-order valence-corrected chi connectivity index (χ4v) is 5.14. The molecule has 0 saturated carbocycles. The number of nitrogens with zero attached hydrogens (tertiary/aromatic N) is 3. The van der Waals surface area contributed by atoms with Crippen molar-refractivity contribution in [2.45, 2.75) is 38.3 Å². The van der Waals surface area contributed by atoms with Crippen LogP contribution in [-0.4, -0.2) is 99.4 Å². The van der Waals surface area contributed by atoms with E-state index < -0.39 is 67.1 Å². The molecule has 6 amide bonds. The van der Waals surface area contributed by atoms with Crippen LogP contribution in [0.5, 0.6) is 0 Å². The molecule has 0 unspecified atom stereocenters. The van der Waals surface area contributed by atoms with Gasteiger partial charge in [0.15, 0.2) is 16.8 Å². The first-order chi connectivity index (χ1) is 23.7. The van der Waals surface area contributed by atoms with Crippen LogP contribution in [0, 0.1) is 6.92 Å². The van der Waals surface area contributed by atoms with Gasteiger partial charge in [0.25, 0.3) is 11.8 Å². The lowest BCUT2D eigenvalue weighted by atomic mass is 10.1. The van der Waals surface area contributed by atoms with Gasteiger partial charge < -0.3 is 43.6 Å². The number of aromatic nitrogens is 3. The lowest BCUT2D eigenvalue weighted by Crippen LogP contribution is -2.53. The van der Waals surface area contributed by atoms with Crippen molar-refractivity contribution in [3.63, 3.8) is 0 Å². The highest BCUT2D eigenvalue weighted by Crippen LogP contribution is 2.32. The van der Waals surface area contributed by atoms with Gasteiger partial charge in [-0.2, -0.15) is 5.10 Å². The van der Waals surface area contributed by atoms with Crippen LogP contribution in [0.15, 0.2) is 41.4 Å². The summed E-state index contributed by atoms with van der Waals surface area (Å²) in [7, 11) is 0. The molecule has 20 nitrogen and oxygen atoms in total. The van der Waals surface area contributed by atoms with Gasteiger partial charge >= 0.3 is 5.97 Å². The maximum absolute atomic E-state index is 12.9. The fourth-order valence-electron chi connectivity index (χ4n) is 4.22. The second kappa shape index (κ2) is 18.2. The molecular formula is C29H36N12O8S. The Balaban J connectivity index is 1.57. The van der Waals surface area contributed by atoms with E-state index in [1.54, 1.807) is 37.3 Å². The summed E-state index contributed by atoms with van der Waals surface area (Å²) >= 11 is 1.17. The van der Waals surface area contributed by atoms with Crippen molar-refractivity contribution < 1.29 is 38.7 Å². The van der Waals surface area contributed by atoms with E-state index >= 15 is 0 Å². The number of H-pyrrole nitrogens is 1. The molecule has 0 aliphatic rings. The minimum absolute atomic E-state index is 0.0254. The minimum atomic E-state index is -1.50. The lowest BCUT2D eigenvalue weighted by Gasteiger charge is -2.19. The van der Waals surface area contributed by atoms with E-state index in [9.17, 15) is 33.6 Å². The third-order valence-corrected chi connectivity index (χ3v) is 7.70. The highest BCUT2D eigenvalue weighted by atomic mass is 32.1. The Morgan fingerprint density at radius 3 is 2.24 bits per heavy atom. The molecule has 2 heterocycles. The Hall–Kier alpha value is -6.38. The molecule has 0 radical (unpaired) electrons. The molecule has 0 saturated heterocycles. The Morgan fingerprint density at radius 2 is 1.60 bits per heavy atom. The highest BCUT2D eigenvalue weighted by Gasteiger charge is 2.25. The normalized spacial score (nSPS) is 11.7. The zero-order valence-corrected chi connectivity index (χ0v) is 27.5. The average Bonchev–Trinajstić information content (AvgIpc) is 3.70. The van der Waals surface area contributed by atoms with Crippen LogP contribution in [0.2, 0.25) is 0 Å².